The molecule has 0 spiro atoms. The van der Waals surface area contributed by atoms with Gasteiger partial charge in [-0.25, -0.2) is 0 Å². The van der Waals surface area contributed by atoms with E-state index in [0.717, 1.165) is 32.4 Å². The first-order valence-electron chi connectivity index (χ1n) is 12.3. The topological polar surface area (TPSA) is 55.0 Å². The number of aromatic nitrogens is 2. The smallest absolute Gasteiger partial charge is 0.0607 e. The molecule has 2 N–H and O–H groups in total. The molecule has 34 heavy (non-hydrogen) atoms. The normalized spacial score (nSPS) is 16.2. The van der Waals surface area contributed by atoms with E-state index in [0.29, 0.717) is 12.6 Å². The average molecular weight is 447 g/mol. The van der Waals surface area contributed by atoms with Crippen molar-refractivity contribution in [3.8, 4) is 11.1 Å². The lowest BCUT2D eigenvalue weighted by Gasteiger charge is -2.35. The highest BCUT2D eigenvalue weighted by Gasteiger charge is 2.29. The zero-order valence-electron chi connectivity index (χ0n) is 19.5. The number of hydrogen-bond acceptors (Lipinski definition) is 4. The van der Waals surface area contributed by atoms with Gasteiger partial charge in [-0.05, 0) is 70.3 Å². The molecule has 2 aromatic heterocycles. The highest BCUT2D eigenvalue weighted by Crippen LogP contribution is 2.39. The van der Waals surface area contributed by atoms with Gasteiger partial charge in [0, 0.05) is 38.4 Å². The summed E-state index contributed by atoms with van der Waals surface area (Å²) in [6, 6.07) is 24.3. The first-order chi connectivity index (χ1) is 16.8. The van der Waals surface area contributed by atoms with Crippen molar-refractivity contribution in [1.82, 2.24) is 14.9 Å². The standard InChI is InChI=1S/C30H30N4/c31-18-21-10-12-22(13-11-21)19-34(29-9-3-6-23-7-4-15-33-30(23)29)20-28-27-17-24-5-1-2-8-25(24)26(27)14-16-32-28/h1-2,4-5,7-8,10-16,29H,3,6,9,17-20,31H2/t29-/m0/s1. The van der Waals surface area contributed by atoms with Crippen LogP contribution in [-0.4, -0.2) is 14.9 Å². The van der Waals surface area contributed by atoms with Crippen molar-refractivity contribution in [2.75, 3.05) is 0 Å². The van der Waals surface area contributed by atoms with Crippen molar-refractivity contribution in [1.29, 1.82) is 0 Å². The van der Waals surface area contributed by atoms with E-state index >= 15 is 0 Å². The Kier molecular flexibility index (Phi) is 5.69. The van der Waals surface area contributed by atoms with Gasteiger partial charge in [0.2, 0.25) is 0 Å². The Labute approximate surface area is 201 Å². The Morgan fingerprint density at radius 2 is 1.62 bits per heavy atom. The minimum atomic E-state index is 0.292. The fourth-order valence-corrected chi connectivity index (χ4v) is 5.67. The number of aryl methyl sites for hydroxylation is 1. The fourth-order valence-electron chi connectivity index (χ4n) is 5.67. The minimum Gasteiger partial charge on any atom is -0.326 e. The van der Waals surface area contributed by atoms with Crippen LogP contribution in [-0.2, 0) is 32.5 Å². The molecule has 170 valence electrons. The van der Waals surface area contributed by atoms with Gasteiger partial charge >= 0.3 is 0 Å². The summed E-state index contributed by atoms with van der Waals surface area (Å²) >= 11 is 0. The Morgan fingerprint density at radius 3 is 2.50 bits per heavy atom. The van der Waals surface area contributed by atoms with Crippen molar-refractivity contribution in [2.24, 2.45) is 5.73 Å². The van der Waals surface area contributed by atoms with Gasteiger partial charge in [-0.2, -0.15) is 0 Å². The van der Waals surface area contributed by atoms with Crippen molar-refractivity contribution in [3.05, 3.63) is 118 Å². The molecule has 2 aliphatic rings. The zero-order valence-corrected chi connectivity index (χ0v) is 19.5. The Hall–Kier alpha value is -3.34. The molecular formula is C30H30N4. The molecule has 0 amide bonds. The van der Waals surface area contributed by atoms with Crippen LogP contribution >= 0.6 is 0 Å². The maximum atomic E-state index is 5.83. The van der Waals surface area contributed by atoms with E-state index in [2.05, 4.69) is 71.6 Å². The summed E-state index contributed by atoms with van der Waals surface area (Å²) in [7, 11) is 0. The Balaban J connectivity index is 1.37. The molecule has 2 aliphatic carbocycles. The van der Waals surface area contributed by atoms with Gasteiger partial charge < -0.3 is 5.73 Å². The van der Waals surface area contributed by atoms with Gasteiger partial charge in [0.15, 0.2) is 0 Å². The van der Waals surface area contributed by atoms with E-state index in [4.69, 9.17) is 15.7 Å². The zero-order chi connectivity index (χ0) is 22.9. The van der Waals surface area contributed by atoms with Crippen LogP contribution in [0.1, 0.15) is 58.1 Å². The second-order valence-electron chi connectivity index (χ2n) is 9.50. The fraction of sp³-hybridized carbons (Fsp3) is 0.267. The van der Waals surface area contributed by atoms with E-state index in [-0.39, 0.29) is 0 Å². The van der Waals surface area contributed by atoms with Crippen molar-refractivity contribution < 1.29 is 0 Å². The highest BCUT2D eigenvalue weighted by atomic mass is 15.2. The molecule has 0 radical (unpaired) electrons. The monoisotopic (exact) mass is 446 g/mol. The van der Waals surface area contributed by atoms with E-state index in [1.165, 1.54) is 56.8 Å². The van der Waals surface area contributed by atoms with Crippen LogP contribution < -0.4 is 5.73 Å². The molecule has 0 unspecified atom stereocenters. The second kappa shape index (κ2) is 9.13. The van der Waals surface area contributed by atoms with Gasteiger partial charge in [-0.3, -0.25) is 14.9 Å². The van der Waals surface area contributed by atoms with Crippen molar-refractivity contribution in [3.63, 3.8) is 0 Å². The third-order valence-corrected chi connectivity index (χ3v) is 7.42. The summed E-state index contributed by atoms with van der Waals surface area (Å²) in [5, 5.41) is 0. The molecule has 6 rings (SSSR count). The lowest BCUT2D eigenvalue weighted by atomic mass is 9.90. The van der Waals surface area contributed by atoms with E-state index in [1.54, 1.807) is 0 Å². The molecular weight excluding hydrogens is 416 g/mol. The van der Waals surface area contributed by atoms with Gasteiger partial charge in [-0.15, -0.1) is 0 Å². The third-order valence-electron chi connectivity index (χ3n) is 7.42. The molecule has 0 saturated carbocycles. The number of benzene rings is 2. The molecule has 0 aliphatic heterocycles. The van der Waals surface area contributed by atoms with Crippen molar-refractivity contribution >= 4 is 0 Å². The van der Waals surface area contributed by atoms with Crippen LogP contribution in [0.3, 0.4) is 0 Å². The molecule has 0 fully saturated rings. The van der Waals surface area contributed by atoms with Crippen LogP contribution in [0.4, 0.5) is 0 Å². The van der Waals surface area contributed by atoms with Gasteiger partial charge in [0.1, 0.15) is 0 Å². The van der Waals surface area contributed by atoms with Crippen LogP contribution in [0.25, 0.3) is 11.1 Å². The van der Waals surface area contributed by atoms with Crippen molar-refractivity contribution in [2.45, 2.75) is 51.4 Å². The van der Waals surface area contributed by atoms with Crippen LogP contribution in [0.2, 0.25) is 0 Å². The van der Waals surface area contributed by atoms with Crippen LogP contribution in [0.5, 0.6) is 0 Å². The summed E-state index contributed by atoms with van der Waals surface area (Å²) < 4.78 is 0. The molecule has 4 heteroatoms. The molecule has 4 nitrogen and oxygen atoms in total. The summed E-state index contributed by atoms with van der Waals surface area (Å²) in [6.07, 6.45) is 8.33. The quantitative estimate of drug-likeness (QED) is 0.370. The highest BCUT2D eigenvalue weighted by molar-refractivity contribution is 5.77. The van der Waals surface area contributed by atoms with Gasteiger partial charge in [0.05, 0.1) is 17.4 Å². The molecule has 0 saturated heterocycles. The summed E-state index contributed by atoms with van der Waals surface area (Å²) in [5.74, 6) is 0. The second-order valence-corrected chi connectivity index (χ2v) is 9.50. The first-order valence-corrected chi connectivity index (χ1v) is 12.3. The summed E-state index contributed by atoms with van der Waals surface area (Å²) in [4.78, 5) is 12.4. The predicted molar refractivity (Wildman–Crippen MR) is 136 cm³/mol. The Morgan fingerprint density at radius 1 is 0.794 bits per heavy atom. The summed E-state index contributed by atoms with van der Waals surface area (Å²) in [6.45, 7) is 2.25. The predicted octanol–water partition coefficient (Wildman–Crippen LogP) is 5.59. The molecule has 1 atom stereocenters. The molecule has 2 aromatic carbocycles. The number of rotatable bonds is 6. The molecule has 2 heterocycles. The lowest BCUT2D eigenvalue weighted by Crippen LogP contribution is -2.32. The van der Waals surface area contributed by atoms with E-state index in [9.17, 15) is 0 Å². The number of hydrogen-bond donors (Lipinski definition) is 1. The van der Waals surface area contributed by atoms with Gasteiger partial charge in [-0.1, -0.05) is 54.6 Å². The molecule has 0 bridgehead atoms. The largest absolute Gasteiger partial charge is 0.326 e. The summed E-state index contributed by atoms with van der Waals surface area (Å²) in [5.41, 5.74) is 17.6. The average Bonchev–Trinajstić information content (AvgIpc) is 3.28. The number of nitrogens with zero attached hydrogens (tertiary/aromatic N) is 3. The van der Waals surface area contributed by atoms with Crippen LogP contribution in [0, 0.1) is 0 Å². The maximum Gasteiger partial charge on any atom is 0.0607 e. The SMILES string of the molecule is NCc1ccc(CN(Cc2nccc3c2Cc2ccccc2-3)[C@H]2CCCc3cccnc32)cc1. The van der Waals surface area contributed by atoms with Crippen LogP contribution in [0.15, 0.2) is 79.1 Å². The number of pyridine rings is 2. The van der Waals surface area contributed by atoms with E-state index in [1.807, 2.05) is 12.4 Å². The van der Waals surface area contributed by atoms with Gasteiger partial charge in [0.25, 0.3) is 0 Å². The number of fused-ring (bicyclic) bond motifs is 4. The Bertz CT molecular complexity index is 1310. The third kappa shape index (κ3) is 3.93. The minimum absolute atomic E-state index is 0.292. The lowest BCUT2D eigenvalue weighted by molar-refractivity contribution is 0.154. The first kappa shape index (κ1) is 21.2. The maximum absolute atomic E-state index is 5.83. The number of nitrogens with two attached hydrogens (primary N) is 1. The van der Waals surface area contributed by atoms with E-state index < -0.39 is 0 Å². The molecule has 4 aromatic rings.